The lowest BCUT2D eigenvalue weighted by Crippen LogP contribution is -2.61. The van der Waals surface area contributed by atoms with Crippen molar-refractivity contribution in [1.29, 1.82) is 0 Å². The summed E-state index contributed by atoms with van der Waals surface area (Å²) in [7, 11) is 1.59. The van der Waals surface area contributed by atoms with Crippen LogP contribution in [0.15, 0.2) is 60.7 Å². The molecule has 1 amide bonds. The molecule has 1 saturated heterocycles. The second-order valence-electron chi connectivity index (χ2n) is 8.03. The molecule has 2 atom stereocenters. The molecule has 2 heterocycles. The van der Waals surface area contributed by atoms with E-state index in [4.69, 9.17) is 14.2 Å². The van der Waals surface area contributed by atoms with Crippen molar-refractivity contribution < 1.29 is 28.6 Å². The highest BCUT2D eigenvalue weighted by atomic mass is 16.6. The topological polar surface area (TPSA) is 82.1 Å². The van der Waals surface area contributed by atoms with Gasteiger partial charge in [-0.15, -0.1) is 0 Å². The van der Waals surface area contributed by atoms with Crippen molar-refractivity contribution in [3.63, 3.8) is 0 Å². The van der Waals surface area contributed by atoms with E-state index >= 15 is 0 Å². The normalized spacial score (nSPS) is 22.8. The average molecular weight is 450 g/mol. The Labute approximate surface area is 192 Å². The van der Waals surface area contributed by atoms with Crippen molar-refractivity contribution >= 4 is 23.5 Å². The fourth-order valence-corrected chi connectivity index (χ4v) is 4.07. The van der Waals surface area contributed by atoms with Crippen LogP contribution in [0, 0.1) is 0 Å². The number of carbonyl (C=O) groups is 3. The first-order valence-electron chi connectivity index (χ1n) is 11.1. The van der Waals surface area contributed by atoms with Gasteiger partial charge >= 0.3 is 11.9 Å². The molecule has 7 nitrogen and oxygen atoms in total. The number of ether oxygens (including phenoxy) is 3. The maximum atomic E-state index is 13.2. The number of allylic oxidation sites excluding steroid dienone is 2. The van der Waals surface area contributed by atoms with Gasteiger partial charge < -0.3 is 14.2 Å². The summed E-state index contributed by atoms with van der Waals surface area (Å²) in [6, 6.07) is 14.2. The van der Waals surface area contributed by atoms with E-state index in [-0.39, 0.29) is 24.9 Å². The summed E-state index contributed by atoms with van der Waals surface area (Å²) in [5, 5.41) is 0. The van der Waals surface area contributed by atoms with Crippen molar-refractivity contribution in [2.24, 2.45) is 0 Å². The van der Waals surface area contributed by atoms with Gasteiger partial charge in [0.05, 0.1) is 12.8 Å². The molecule has 0 N–H and O–H groups in total. The smallest absolute Gasteiger partial charge is 0.306 e. The second kappa shape index (κ2) is 10.3. The number of hydrogen-bond acceptors (Lipinski definition) is 6. The summed E-state index contributed by atoms with van der Waals surface area (Å²) in [6.07, 6.45) is 5.36. The van der Waals surface area contributed by atoms with E-state index in [9.17, 15) is 14.4 Å². The van der Waals surface area contributed by atoms with Gasteiger partial charge in [0.25, 0.3) is 5.91 Å². The van der Waals surface area contributed by atoms with Crippen LogP contribution in [-0.2, 0) is 30.5 Å². The van der Waals surface area contributed by atoms with Crippen LogP contribution in [0.25, 0.3) is 0 Å². The Kier molecular flexibility index (Phi) is 7.07. The summed E-state index contributed by atoms with van der Waals surface area (Å²) in [6.45, 7) is 0.0639. The molecule has 0 saturated carbocycles. The van der Waals surface area contributed by atoms with Gasteiger partial charge in [0.2, 0.25) is 6.10 Å². The Morgan fingerprint density at radius 3 is 2.45 bits per heavy atom. The van der Waals surface area contributed by atoms with Gasteiger partial charge in [-0.05, 0) is 43.0 Å². The molecule has 2 bridgehead atoms. The second-order valence-corrected chi connectivity index (χ2v) is 8.03. The van der Waals surface area contributed by atoms with E-state index in [2.05, 4.69) is 0 Å². The van der Waals surface area contributed by atoms with Gasteiger partial charge in [-0.2, -0.15) is 0 Å². The highest BCUT2D eigenvalue weighted by Gasteiger charge is 2.52. The number of para-hydroxylation sites is 1. The summed E-state index contributed by atoms with van der Waals surface area (Å²) in [4.78, 5) is 39.5. The molecular formula is C26H27NO6. The van der Waals surface area contributed by atoms with Gasteiger partial charge in [-0.3, -0.25) is 19.3 Å². The number of carbonyl (C=O) groups excluding carboxylic acids is 3. The summed E-state index contributed by atoms with van der Waals surface area (Å²) in [5.41, 5.74) is 2.17. The maximum absolute atomic E-state index is 13.2. The van der Waals surface area contributed by atoms with Crippen LogP contribution in [-0.4, -0.2) is 31.1 Å². The van der Waals surface area contributed by atoms with Gasteiger partial charge in [0.1, 0.15) is 18.4 Å². The van der Waals surface area contributed by atoms with Crippen LogP contribution >= 0.6 is 0 Å². The minimum absolute atomic E-state index is 0.0639. The van der Waals surface area contributed by atoms with Gasteiger partial charge in [0.15, 0.2) is 0 Å². The monoisotopic (exact) mass is 449 g/mol. The number of esters is 2. The first-order chi connectivity index (χ1) is 16.1. The molecule has 0 unspecified atom stereocenters. The zero-order valence-corrected chi connectivity index (χ0v) is 18.6. The zero-order valence-electron chi connectivity index (χ0n) is 18.6. The number of hydrogen-bond donors (Lipinski definition) is 0. The Hall–Kier alpha value is -3.61. The average Bonchev–Trinajstić information content (AvgIpc) is 2.84. The quantitative estimate of drug-likeness (QED) is 0.387. The fraction of sp³-hybridized carbons (Fsp3) is 0.346. The number of anilines is 1. The third-order valence-corrected chi connectivity index (χ3v) is 5.83. The SMILES string of the molecule is COc1ccc([C@H]2[C@@H]3OC(=O)CC/C=C/CCCC(=O)OCc4ccccc4N2C3=O)cc1. The Balaban J connectivity index is 1.68. The maximum Gasteiger partial charge on any atom is 0.306 e. The van der Waals surface area contributed by atoms with Crippen molar-refractivity contribution in [1.82, 2.24) is 0 Å². The van der Waals surface area contributed by atoms with Gasteiger partial charge in [-0.1, -0.05) is 42.5 Å². The van der Waals surface area contributed by atoms with Crippen molar-refractivity contribution in [3.8, 4) is 5.75 Å². The molecule has 172 valence electrons. The molecule has 2 aromatic carbocycles. The van der Waals surface area contributed by atoms with Crippen LogP contribution in [0.5, 0.6) is 5.75 Å². The van der Waals surface area contributed by atoms with Crippen molar-refractivity contribution in [3.05, 3.63) is 71.8 Å². The molecule has 2 aromatic rings. The molecule has 1 fully saturated rings. The van der Waals surface area contributed by atoms with E-state index in [0.29, 0.717) is 36.3 Å². The number of rotatable bonds is 2. The molecule has 2 aliphatic heterocycles. The Bertz CT molecular complexity index is 1050. The number of β-lactam (4-membered cyclic amide) rings is 1. The Morgan fingerprint density at radius 2 is 1.67 bits per heavy atom. The van der Waals surface area contributed by atoms with E-state index in [0.717, 1.165) is 12.0 Å². The van der Waals surface area contributed by atoms with E-state index in [1.54, 1.807) is 12.0 Å². The first-order valence-corrected chi connectivity index (χ1v) is 11.1. The van der Waals surface area contributed by atoms with Crippen LogP contribution in [0.4, 0.5) is 5.69 Å². The molecule has 0 aliphatic carbocycles. The van der Waals surface area contributed by atoms with Crippen LogP contribution in [0.3, 0.4) is 0 Å². The van der Waals surface area contributed by atoms with Crippen molar-refractivity contribution in [2.45, 2.75) is 50.9 Å². The highest BCUT2D eigenvalue weighted by molar-refractivity contribution is 6.06. The predicted octanol–water partition coefficient (Wildman–Crippen LogP) is 4.26. The Morgan fingerprint density at radius 1 is 0.909 bits per heavy atom. The number of amides is 1. The fourth-order valence-electron chi connectivity index (χ4n) is 4.07. The van der Waals surface area contributed by atoms with Crippen LogP contribution in [0.1, 0.15) is 49.3 Å². The standard InChI is InChI=1S/C26H27NO6/c1-31-20-15-13-18(14-16-20)24-25-26(30)27(24)21-10-8-7-9-19(21)17-32-22(28)11-5-3-2-4-6-12-23(29)33-25/h2,4,7-10,13-16,24-25H,3,5-6,11-12,17H2,1H3/b4-2+/t24-,25-/m0/s1. The first kappa shape index (κ1) is 22.6. The molecule has 0 aromatic heterocycles. The molecule has 2 aliphatic rings. The largest absolute Gasteiger partial charge is 0.497 e. The van der Waals surface area contributed by atoms with E-state index < -0.39 is 18.1 Å². The van der Waals surface area contributed by atoms with E-state index in [1.807, 2.05) is 60.7 Å². The van der Waals surface area contributed by atoms with Gasteiger partial charge in [-0.25, -0.2) is 0 Å². The van der Waals surface area contributed by atoms with E-state index in [1.165, 1.54) is 0 Å². The lowest BCUT2D eigenvalue weighted by molar-refractivity contribution is -0.162. The summed E-state index contributed by atoms with van der Waals surface area (Å²) in [5.74, 6) is -0.301. The molecular weight excluding hydrogens is 422 g/mol. The number of fused-ring (bicyclic) bond motifs is 4. The minimum atomic E-state index is -0.916. The minimum Gasteiger partial charge on any atom is -0.497 e. The number of benzene rings is 2. The lowest BCUT2D eigenvalue weighted by Gasteiger charge is -2.46. The lowest BCUT2D eigenvalue weighted by atomic mass is 9.89. The molecule has 33 heavy (non-hydrogen) atoms. The van der Waals surface area contributed by atoms with Crippen LogP contribution in [0.2, 0.25) is 0 Å². The molecule has 7 heteroatoms. The predicted molar refractivity (Wildman–Crippen MR) is 122 cm³/mol. The summed E-state index contributed by atoms with van der Waals surface area (Å²) < 4.78 is 16.4. The van der Waals surface area contributed by atoms with Crippen molar-refractivity contribution in [2.75, 3.05) is 12.0 Å². The number of methoxy groups -OCH3 is 1. The third-order valence-electron chi connectivity index (χ3n) is 5.83. The number of nitrogens with zero attached hydrogens (tertiary/aromatic N) is 1. The zero-order chi connectivity index (χ0) is 23.2. The molecule has 0 spiro atoms. The van der Waals surface area contributed by atoms with Crippen LogP contribution < -0.4 is 9.64 Å². The van der Waals surface area contributed by atoms with Gasteiger partial charge in [0, 0.05) is 18.4 Å². The highest BCUT2D eigenvalue weighted by Crippen LogP contribution is 2.43. The summed E-state index contributed by atoms with van der Waals surface area (Å²) >= 11 is 0. The third kappa shape index (κ3) is 5.08. The number of cyclic esters (lactones) is 1. The molecule has 0 radical (unpaired) electrons. The molecule has 4 rings (SSSR count).